The van der Waals surface area contributed by atoms with Crippen LogP contribution < -0.4 is 5.32 Å². The standard InChI is InChI=1S/C16H22F5NO7S/c1-10(2)12(23)29-15(16(19,20)21,13(24)22-11-6-4-3-5-7-11)28-9-8-14(17,18)30(25,26)27/h11H,1,3-9H2,2H3,(H,22,24)(H,25,26,27). The van der Waals surface area contributed by atoms with E-state index in [-0.39, 0.29) is 0 Å². The summed E-state index contributed by atoms with van der Waals surface area (Å²) in [6.45, 7) is 2.37. The van der Waals surface area contributed by atoms with Crippen LogP contribution >= 0.6 is 0 Å². The third kappa shape index (κ3) is 6.35. The first-order valence-corrected chi connectivity index (χ1v) is 10.2. The van der Waals surface area contributed by atoms with Crippen LogP contribution in [0.4, 0.5) is 22.0 Å². The summed E-state index contributed by atoms with van der Waals surface area (Å²) in [4.78, 5) is 24.2. The molecule has 0 aromatic heterocycles. The maximum Gasteiger partial charge on any atom is 0.466 e. The summed E-state index contributed by atoms with van der Waals surface area (Å²) in [6.07, 6.45) is -4.92. The first-order chi connectivity index (χ1) is 13.5. The van der Waals surface area contributed by atoms with Gasteiger partial charge in [0.05, 0.1) is 13.0 Å². The van der Waals surface area contributed by atoms with Gasteiger partial charge in [0.2, 0.25) is 0 Å². The minimum Gasteiger partial charge on any atom is -0.412 e. The average molecular weight is 467 g/mol. The lowest BCUT2D eigenvalue weighted by Gasteiger charge is -2.35. The van der Waals surface area contributed by atoms with Gasteiger partial charge >= 0.3 is 39.2 Å². The van der Waals surface area contributed by atoms with Crippen molar-refractivity contribution in [1.29, 1.82) is 0 Å². The number of amides is 1. The molecule has 0 spiro atoms. The van der Waals surface area contributed by atoms with Gasteiger partial charge in [0.25, 0.3) is 0 Å². The Hall–Kier alpha value is -1.80. The molecule has 2 N–H and O–H groups in total. The molecule has 1 unspecified atom stereocenters. The van der Waals surface area contributed by atoms with Crippen molar-refractivity contribution in [3.05, 3.63) is 12.2 Å². The van der Waals surface area contributed by atoms with E-state index >= 15 is 0 Å². The molecule has 1 rings (SSSR count). The maximum absolute atomic E-state index is 13.8. The Morgan fingerprint density at radius 2 is 1.67 bits per heavy atom. The molecule has 1 amide bonds. The number of hydrogen-bond acceptors (Lipinski definition) is 6. The highest BCUT2D eigenvalue weighted by molar-refractivity contribution is 7.86. The highest BCUT2D eigenvalue weighted by Crippen LogP contribution is 2.37. The van der Waals surface area contributed by atoms with E-state index in [1.807, 2.05) is 5.32 Å². The van der Waals surface area contributed by atoms with Gasteiger partial charge in [-0.3, -0.25) is 9.35 Å². The molecule has 1 saturated carbocycles. The van der Waals surface area contributed by atoms with Crippen LogP contribution in [0.5, 0.6) is 0 Å². The van der Waals surface area contributed by atoms with Gasteiger partial charge in [-0.2, -0.15) is 30.4 Å². The number of ether oxygens (including phenoxy) is 2. The van der Waals surface area contributed by atoms with Crippen LogP contribution in [-0.4, -0.2) is 54.7 Å². The predicted octanol–water partition coefficient (Wildman–Crippen LogP) is 2.70. The van der Waals surface area contributed by atoms with Crippen molar-refractivity contribution in [1.82, 2.24) is 5.32 Å². The van der Waals surface area contributed by atoms with Gasteiger partial charge in [-0.1, -0.05) is 25.8 Å². The van der Waals surface area contributed by atoms with Crippen LogP contribution in [0, 0.1) is 0 Å². The molecule has 14 heteroatoms. The number of carbonyl (C=O) groups excluding carboxylic acids is 2. The van der Waals surface area contributed by atoms with Gasteiger partial charge in [-0.15, -0.1) is 0 Å². The lowest BCUT2D eigenvalue weighted by atomic mass is 9.95. The minimum absolute atomic E-state index is 0.342. The van der Waals surface area contributed by atoms with Crippen molar-refractivity contribution in [2.75, 3.05) is 6.61 Å². The third-order valence-electron chi connectivity index (χ3n) is 4.27. The number of carbonyl (C=O) groups is 2. The summed E-state index contributed by atoms with van der Waals surface area (Å²) < 4.78 is 106. The highest BCUT2D eigenvalue weighted by Gasteiger charge is 2.67. The quantitative estimate of drug-likeness (QED) is 0.176. The first-order valence-electron chi connectivity index (χ1n) is 8.79. The fraction of sp³-hybridized carbons (Fsp3) is 0.750. The molecule has 0 heterocycles. The SMILES string of the molecule is C=C(C)C(=O)OC(OCCC(F)(F)S(=O)(=O)O)(C(=O)NC1CCCCC1)C(F)(F)F. The molecular weight excluding hydrogens is 445 g/mol. The Bertz CT molecular complexity index is 762. The monoisotopic (exact) mass is 467 g/mol. The largest absolute Gasteiger partial charge is 0.466 e. The van der Waals surface area contributed by atoms with Crippen LogP contribution in [0.1, 0.15) is 45.4 Å². The molecule has 0 aromatic carbocycles. The highest BCUT2D eigenvalue weighted by atomic mass is 32.2. The zero-order valence-electron chi connectivity index (χ0n) is 15.9. The van der Waals surface area contributed by atoms with Gasteiger partial charge in [0.15, 0.2) is 0 Å². The molecule has 174 valence electrons. The summed E-state index contributed by atoms with van der Waals surface area (Å²) >= 11 is 0. The van der Waals surface area contributed by atoms with E-state index in [1.54, 1.807) is 0 Å². The fourth-order valence-electron chi connectivity index (χ4n) is 2.60. The number of hydrogen-bond donors (Lipinski definition) is 2. The fourth-order valence-corrected chi connectivity index (χ4v) is 2.94. The molecule has 0 saturated heterocycles. The Morgan fingerprint density at radius 3 is 2.10 bits per heavy atom. The third-order valence-corrected chi connectivity index (χ3v) is 5.23. The second kappa shape index (κ2) is 9.56. The van der Waals surface area contributed by atoms with E-state index < -0.39 is 63.9 Å². The van der Waals surface area contributed by atoms with E-state index in [0.717, 1.165) is 13.3 Å². The normalized spacial score (nSPS) is 18.4. The van der Waals surface area contributed by atoms with E-state index in [0.29, 0.717) is 25.7 Å². The number of rotatable bonds is 9. The first kappa shape index (κ1) is 26.2. The number of halogens is 5. The Kier molecular flexibility index (Phi) is 8.36. The molecule has 30 heavy (non-hydrogen) atoms. The summed E-state index contributed by atoms with van der Waals surface area (Å²) in [6, 6.07) is -0.695. The van der Waals surface area contributed by atoms with Gasteiger partial charge in [0, 0.05) is 11.6 Å². The maximum atomic E-state index is 13.8. The molecule has 1 atom stereocenters. The Labute approximate surface area is 169 Å². The Balaban J connectivity index is 3.20. The van der Waals surface area contributed by atoms with Crippen molar-refractivity contribution >= 4 is 22.0 Å². The zero-order valence-corrected chi connectivity index (χ0v) is 16.7. The van der Waals surface area contributed by atoms with Gasteiger partial charge in [0.1, 0.15) is 0 Å². The van der Waals surface area contributed by atoms with Crippen LogP contribution in [0.15, 0.2) is 12.2 Å². The van der Waals surface area contributed by atoms with Gasteiger partial charge in [-0.05, 0) is 19.8 Å². The van der Waals surface area contributed by atoms with Gasteiger partial charge in [-0.25, -0.2) is 4.79 Å². The topological polar surface area (TPSA) is 119 Å². The molecule has 0 aromatic rings. The van der Waals surface area contributed by atoms with Crippen LogP contribution in [-0.2, 0) is 29.2 Å². The van der Waals surface area contributed by atoms with Crippen molar-refractivity contribution in [2.24, 2.45) is 0 Å². The molecule has 8 nitrogen and oxygen atoms in total. The van der Waals surface area contributed by atoms with Crippen LogP contribution in [0.2, 0.25) is 0 Å². The Morgan fingerprint density at radius 1 is 1.13 bits per heavy atom. The molecule has 0 radical (unpaired) electrons. The zero-order chi connectivity index (χ0) is 23.4. The average Bonchev–Trinajstić information content (AvgIpc) is 2.59. The molecule has 0 bridgehead atoms. The number of alkyl halides is 5. The minimum atomic E-state index is -5.95. The summed E-state index contributed by atoms with van der Waals surface area (Å²) in [7, 11) is -5.95. The molecule has 1 fully saturated rings. The summed E-state index contributed by atoms with van der Waals surface area (Å²) in [5.74, 6) is -7.96. The van der Waals surface area contributed by atoms with Crippen molar-refractivity contribution < 1.29 is 54.0 Å². The number of nitrogens with one attached hydrogen (secondary N) is 1. The second-order valence-corrected chi connectivity index (χ2v) is 8.35. The van der Waals surface area contributed by atoms with Crippen LogP contribution in [0.25, 0.3) is 0 Å². The van der Waals surface area contributed by atoms with Crippen molar-refractivity contribution in [3.8, 4) is 0 Å². The molecule has 1 aliphatic rings. The van der Waals surface area contributed by atoms with E-state index in [9.17, 15) is 40.0 Å². The van der Waals surface area contributed by atoms with E-state index in [4.69, 9.17) is 4.55 Å². The second-order valence-electron chi connectivity index (χ2n) is 6.80. The number of esters is 1. The van der Waals surface area contributed by atoms with Crippen LogP contribution in [0.3, 0.4) is 0 Å². The lowest BCUT2D eigenvalue weighted by Crippen LogP contribution is -2.63. The van der Waals surface area contributed by atoms with E-state index in [2.05, 4.69) is 16.1 Å². The van der Waals surface area contributed by atoms with E-state index in [1.165, 1.54) is 0 Å². The molecular formula is C16H22F5NO7S. The van der Waals surface area contributed by atoms with Gasteiger partial charge < -0.3 is 14.8 Å². The summed E-state index contributed by atoms with van der Waals surface area (Å²) in [5.41, 5.74) is -0.541. The lowest BCUT2D eigenvalue weighted by molar-refractivity contribution is -0.348. The smallest absolute Gasteiger partial charge is 0.412 e. The molecule has 1 aliphatic carbocycles. The van der Waals surface area contributed by atoms with Crippen molar-refractivity contribution in [2.45, 2.75) is 68.7 Å². The predicted molar refractivity (Wildman–Crippen MR) is 91.8 cm³/mol. The summed E-state index contributed by atoms with van der Waals surface area (Å²) in [5, 5.41) is -2.82. The van der Waals surface area contributed by atoms with Crippen molar-refractivity contribution in [3.63, 3.8) is 0 Å². The molecule has 0 aliphatic heterocycles.